The van der Waals surface area contributed by atoms with E-state index in [1.54, 1.807) is 0 Å². The molecule has 0 aliphatic carbocycles. The molecule has 0 radical (unpaired) electrons. The fourth-order valence-electron chi connectivity index (χ4n) is 2.54. The lowest BCUT2D eigenvalue weighted by Crippen LogP contribution is -2.34. The molecule has 1 aromatic heterocycles. The molecule has 2 rings (SSSR count). The first-order chi connectivity index (χ1) is 9.51. The Morgan fingerprint density at radius 2 is 1.85 bits per heavy atom. The van der Waals surface area contributed by atoms with Crippen LogP contribution in [-0.2, 0) is 13.1 Å². The second-order valence-electron chi connectivity index (χ2n) is 6.68. The summed E-state index contributed by atoms with van der Waals surface area (Å²) in [6.45, 7) is 11.0. The van der Waals surface area contributed by atoms with Crippen LogP contribution >= 0.6 is 0 Å². The van der Waals surface area contributed by atoms with E-state index >= 15 is 0 Å². The Morgan fingerprint density at radius 1 is 1.10 bits per heavy atom. The van der Waals surface area contributed by atoms with Crippen molar-refractivity contribution in [3.63, 3.8) is 0 Å². The van der Waals surface area contributed by atoms with E-state index in [4.69, 9.17) is 0 Å². The topological polar surface area (TPSA) is 17.0 Å². The van der Waals surface area contributed by atoms with Gasteiger partial charge in [0.2, 0.25) is 0 Å². The molecule has 2 nitrogen and oxygen atoms in total. The van der Waals surface area contributed by atoms with Gasteiger partial charge in [-0.1, -0.05) is 38.0 Å². The van der Waals surface area contributed by atoms with Crippen molar-refractivity contribution in [2.24, 2.45) is 0 Å². The zero-order valence-electron chi connectivity index (χ0n) is 13.4. The quantitative estimate of drug-likeness (QED) is 0.753. The van der Waals surface area contributed by atoms with E-state index in [9.17, 15) is 0 Å². The molecule has 0 saturated carbocycles. The highest BCUT2D eigenvalue weighted by atomic mass is 15.0. The Balaban J connectivity index is 2.21. The van der Waals surface area contributed by atoms with Crippen LogP contribution in [0.25, 0.3) is 10.9 Å². The minimum atomic E-state index is 0.158. The van der Waals surface area contributed by atoms with Crippen LogP contribution in [-0.4, -0.2) is 10.1 Å². The third-order valence-electron chi connectivity index (χ3n) is 3.68. The van der Waals surface area contributed by atoms with Gasteiger partial charge in [0, 0.05) is 35.7 Å². The Labute approximate surface area is 123 Å². The first-order valence-electron chi connectivity index (χ1n) is 7.83. The third kappa shape index (κ3) is 3.86. The Hall–Kier alpha value is -1.28. The molecule has 1 aromatic carbocycles. The highest BCUT2D eigenvalue weighted by molar-refractivity contribution is 5.83. The van der Waals surface area contributed by atoms with Crippen molar-refractivity contribution >= 4 is 10.9 Å². The largest absolute Gasteiger partial charge is 0.347 e. The molecule has 2 aromatic rings. The van der Waals surface area contributed by atoms with Crippen molar-refractivity contribution in [2.45, 2.75) is 65.6 Å². The number of hydrogen-bond donors (Lipinski definition) is 1. The lowest BCUT2D eigenvalue weighted by Gasteiger charge is -2.20. The average molecular weight is 272 g/mol. The van der Waals surface area contributed by atoms with Crippen molar-refractivity contribution in [2.75, 3.05) is 0 Å². The van der Waals surface area contributed by atoms with Crippen LogP contribution in [0.1, 0.15) is 52.5 Å². The van der Waals surface area contributed by atoms with Crippen LogP contribution in [0.2, 0.25) is 0 Å². The highest BCUT2D eigenvalue weighted by Gasteiger charge is 2.12. The maximum atomic E-state index is 3.60. The van der Waals surface area contributed by atoms with E-state index in [0.717, 1.165) is 13.1 Å². The predicted molar refractivity (Wildman–Crippen MR) is 88.1 cm³/mol. The number of benzene rings is 1. The number of rotatable bonds is 6. The van der Waals surface area contributed by atoms with Gasteiger partial charge in [-0.05, 0) is 38.8 Å². The smallest absolute Gasteiger partial charge is 0.0483 e. The van der Waals surface area contributed by atoms with Crippen LogP contribution in [0, 0.1) is 0 Å². The molecule has 0 aliphatic heterocycles. The summed E-state index contributed by atoms with van der Waals surface area (Å²) >= 11 is 0. The minimum Gasteiger partial charge on any atom is -0.347 e. The fraction of sp³-hybridized carbons (Fsp3) is 0.556. The van der Waals surface area contributed by atoms with Crippen molar-refractivity contribution < 1.29 is 0 Å². The Kier molecular flexibility index (Phi) is 4.87. The fourth-order valence-corrected chi connectivity index (χ4v) is 2.54. The van der Waals surface area contributed by atoms with Gasteiger partial charge in [-0.15, -0.1) is 0 Å². The molecule has 20 heavy (non-hydrogen) atoms. The molecule has 0 saturated heterocycles. The number of nitrogens with zero attached hydrogens (tertiary/aromatic N) is 1. The molecule has 0 bridgehead atoms. The van der Waals surface area contributed by atoms with Crippen molar-refractivity contribution in [1.82, 2.24) is 9.88 Å². The standard InChI is InChI=1S/C18H28N2/c1-5-6-9-12-20-14-15(13-19-18(2,3)4)16-10-7-8-11-17(16)20/h7-8,10-11,14,19H,5-6,9,12-13H2,1-4H3. The van der Waals surface area contributed by atoms with Crippen LogP contribution in [0.3, 0.4) is 0 Å². The van der Waals surface area contributed by atoms with E-state index in [-0.39, 0.29) is 5.54 Å². The van der Waals surface area contributed by atoms with Gasteiger partial charge in [-0.25, -0.2) is 0 Å². The SMILES string of the molecule is CCCCCn1cc(CNC(C)(C)C)c2ccccc21. The molecule has 0 unspecified atom stereocenters. The van der Waals surface area contributed by atoms with Crippen molar-refractivity contribution in [3.8, 4) is 0 Å². The molecular formula is C18H28N2. The lowest BCUT2D eigenvalue weighted by atomic mass is 10.1. The summed E-state index contributed by atoms with van der Waals surface area (Å²) in [5, 5.41) is 4.99. The summed E-state index contributed by atoms with van der Waals surface area (Å²) in [4.78, 5) is 0. The first-order valence-corrected chi connectivity index (χ1v) is 7.83. The lowest BCUT2D eigenvalue weighted by molar-refractivity contribution is 0.424. The Morgan fingerprint density at radius 3 is 2.55 bits per heavy atom. The third-order valence-corrected chi connectivity index (χ3v) is 3.68. The van der Waals surface area contributed by atoms with E-state index < -0.39 is 0 Å². The molecule has 2 heteroatoms. The molecule has 0 amide bonds. The Bertz CT molecular complexity index is 546. The number of hydrogen-bond acceptors (Lipinski definition) is 1. The molecular weight excluding hydrogens is 244 g/mol. The van der Waals surface area contributed by atoms with Gasteiger partial charge in [0.1, 0.15) is 0 Å². The summed E-state index contributed by atoms with van der Waals surface area (Å²) in [6.07, 6.45) is 6.18. The summed E-state index contributed by atoms with van der Waals surface area (Å²) in [6, 6.07) is 8.76. The number of aromatic nitrogens is 1. The first kappa shape index (κ1) is 15.1. The zero-order valence-corrected chi connectivity index (χ0v) is 13.4. The van der Waals surface area contributed by atoms with Crippen LogP contribution in [0.4, 0.5) is 0 Å². The maximum Gasteiger partial charge on any atom is 0.0483 e. The highest BCUT2D eigenvalue weighted by Crippen LogP contribution is 2.22. The van der Waals surface area contributed by atoms with Gasteiger partial charge in [-0.2, -0.15) is 0 Å². The predicted octanol–water partition coefficient (Wildman–Crippen LogP) is 4.72. The van der Waals surface area contributed by atoms with Gasteiger partial charge >= 0.3 is 0 Å². The van der Waals surface area contributed by atoms with E-state index in [1.165, 1.54) is 35.7 Å². The van der Waals surface area contributed by atoms with Crippen LogP contribution in [0.5, 0.6) is 0 Å². The number of aryl methyl sites for hydroxylation is 1. The van der Waals surface area contributed by atoms with Gasteiger partial charge in [0.25, 0.3) is 0 Å². The molecule has 0 aliphatic rings. The second kappa shape index (κ2) is 6.45. The number of para-hydroxylation sites is 1. The molecule has 110 valence electrons. The summed E-state index contributed by atoms with van der Waals surface area (Å²) in [5.74, 6) is 0. The summed E-state index contributed by atoms with van der Waals surface area (Å²) in [7, 11) is 0. The number of nitrogens with one attached hydrogen (secondary N) is 1. The molecule has 0 fully saturated rings. The maximum absolute atomic E-state index is 3.60. The number of unbranched alkanes of at least 4 members (excludes halogenated alkanes) is 2. The van der Waals surface area contributed by atoms with E-state index in [0.29, 0.717) is 0 Å². The molecule has 0 atom stereocenters. The van der Waals surface area contributed by atoms with Gasteiger partial charge < -0.3 is 9.88 Å². The average Bonchev–Trinajstić information content (AvgIpc) is 2.75. The minimum absolute atomic E-state index is 0.158. The van der Waals surface area contributed by atoms with Crippen molar-refractivity contribution in [1.29, 1.82) is 0 Å². The van der Waals surface area contributed by atoms with Gasteiger partial charge in [-0.3, -0.25) is 0 Å². The molecule has 1 N–H and O–H groups in total. The van der Waals surface area contributed by atoms with Crippen molar-refractivity contribution in [3.05, 3.63) is 36.0 Å². The second-order valence-corrected chi connectivity index (χ2v) is 6.68. The zero-order chi connectivity index (χ0) is 14.6. The molecule has 0 spiro atoms. The molecule has 1 heterocycles. The van der Waals surface area contributed by atoms with E-state index in [1.807, 2.05) is 0 Å². The summed E-state index contributed by atoms with van der Waals surface area (Å²) < 4.78 is 2.42. The number of fused-ring (bicyclic) bond motifs is 1. The van der Waals surface area contributed by atoms with Gasteiger partial charge in [0.15, 0.2) is 0 Å². The van der Waals surface area contributed by atoms with E-state index in [2.05, 4.69) is 68.0 Å². The van der Waals surface area contributed by atoms with Gasteiger partial charge in [0.05, 0.1) is 0 Å². The normalized spacial score (nSPS) is 12.2. The van der Waals surface area contributed by atoms with Crippen LogP contribution in [0.15, 0.2) is 30.5 Å². The summed E-state index contributed by atoms with van der Waals surface area (Å²) in [5.41, 5.74) is 2.94. The van der Waals surface area contributed by atoms with Crippen LogP contribution < -0.4 is 5.32 Å². The monoisotopic (exact) mass is 272 g/mol.